The fourth-order valence-corrected chi connectivity index (χ4v) is 5.90. The molecule has 2 aromatic rings. The van der Waals surface area contributed by atoms with Crippen molar-refractivity contribution in [2.24, 2.45) is 11.3 Å². The number of hydrogen-bond donors (Lipinski definition) is 1. The first-order valence-electron chi connectivity index (χ1n) is 9.60. The SMILES string of the molecule is CCCCCCSc1nc(N)c2c3c(sc2n1)CC(C(C)(C)C)CC3. The van der Waals surface area contributed by atoms with Gasteiger partial charge in [0.15, 0.2) is 5.16 Å². The van der Waals surface area contributed by atoms with Gasteiger partial charge >= 0.3 is 0 Å². The highest BCUT2D eigenvalue weighted by Gasteiger charge is 2.31. The quantitative estimate of drug-likeness (QED) is 0.375. The smallest absolute Gasteiger partial charge is 0.190 e. The third-order valence-corrected chi connectivity index (χ3v) is 7.45. The fraction of sp³-hybridized carbons (Fsp3) is 0.700. The molecule has 1 aliphatic carbocycles. The third kappa shape index (κ3) is 4.30. The van der Waals surface area contributed by atoms with E-state index in [9.17, 15) is 0 Å². The molecule has 1 unspecified atom stereocenters. The molecule has 1 atom stereocenters. The number of thioether (sulfide) groups is 1. The Bertz CT molecular complexity index is 731. The Labute approximate surface area is 160 Å². The van der Waals surface area contributed by atoms with Crippen LogP contribution < -0.4 is 5.73 Å². The lowest BCUT2D eigenvalue weighted by Crippen LogP contribution is -2.26. The molecule has 2 heterocycles. The van der Waals surface area contributed by atoms with E-state index in [2.05, 4.69) is 32.7 Å². The van der Waals surface area contributed by atoms with Gasteiger partial charge < -0.3 is 5.73 Å². The zero-order valence-corrected chi connectivity index (χ0v) is 17.7. The molecule has 0 fully saturated rings. The standard InChI is InChI=1S/C20H31N3S2/c1-5-6-7-8-11-24-19-22-17(21)16-14-10-9-13(20(2,3)4)12-15(14)25-18(16)23-19/h13H,5-12H2,1-4H3,(H2,21,22,23). The van der Waals surface area contributed by atoms with Crippen LogP contribution in [0.2, 0.25) is 0 Å². The van der Waals surface area contributed by atoms with E-state index in [-0.39, 0.29) is 0 Å². The summed E-state index contributed by atoms with van der Waals surface area (Å²) >= 11 is 3.61. The Balaban J connectivity index is 1.78. The number of hydrogen-bond acceptors (Lipinski definition) is 5. The maximum Gasteiger partial charge on any atom is 0.190 e. The van der Waals surface area contributed by atoms with Crippen molar-refractivity contribution in [1.82, 2.24) is 9.97 Å². The van der Waals surface area contributed by atoms with Crippen LogP contribution in [0.1, 0.15) is 70.2 Å². The van der Waals surface area contributed by atoms with Crippen LogP contribution in [0.15, 0.2) is 5.16 Å². The molecule has 3 rings (SSSR count). The molecule has 0 saturated heterocycles. The van der Waals surface area contributed by atoms with Gasteiger partial charge in [0.05, 0.1) is 5.39 Å². The molecule has 5 heteroatoms. The first-order chi connectivity index (χ1) is 11.9. The number of fused-ring (bicyclic) bond motifs is 3. The maximum absolute atomic E-state index is 6.34. The fourth-order valence-electron chi connectivity index (χ4n) is 3.68. The van der Waals surface area contributed by atoms with E-state index < -0.39 is 0 Å². The van der Waals surface area contributed by atoms with Gasteiger partial charge in [-0.25, -0.2) is 9.97 Å². The van der Waals surface area contributed by atoms with Crippen LogP contribution in [0.25, 0.3) is 10.2 Å². The molecule has 25 heavy (non-hydrogen) atoms. The van der Waals surface area contributed by atoms with Crippen LogP contribution in [-0.4, -0.2) is 15.7 Å². The predicted molar refractivity (Wildman–Crippen MR) is 112 cm³/mol. The Morgan fingerprint density at radius 3 is 2.72 bits per heavy atom. The second-order valence-electron chi connectivity index (χ2n) is 8.29. The van der Waals surface area contributed by atoms with Crippen LogP contribution >= 0.6 is 23.1 Å². The topological polar surface area (TPSA) is 51.8 Å². The van der Waals surface area contributed by atoms with Crippen LogP contribution in [0.3, 0.4) is 0 Å². The minimum atomic E-state index is 0.366. The number of aryl methyl sites for hydroxylation is 1. The van der Waals surface area contributed by atoms with Crippen molar-refractivity contribution in [3.8, 4) is 0 Å². The summed E-state index contributed by atoms with van der Waals surface area (Å²) in [4.78, 5) is 12.0. The normalized spacial score (nSPS) is 17.8. The van der Waals surface area contributed by atoms with E-state index >= 15 is 0 Å². The molecule has 3 nitrogen and oxygen atoms in total. The summed E-state index contributed by atoms with van der Waals surface area (Å²) < 4.78 is 0. The summed E-state index contributed by atoms with van der Waals surface area (Å²) in [7, 11) is 0. The molecule has 0 amide bonds. The van der Waals surface area contributed by atoms with Crippen molar-refractivity contribution in [2.75, 3.05) is 11.5 Å². The molecule has 2 aromatic heterocycles. The number of nitrogen functional groups attached to an aromatic ring is 1. The van der Waals surface area contributed by atoms with E-state index in [0.29, 0.717) is 11.2 Å². The average molecular weight is 378 g/mol. The number of nitrogens with zero attached hydrogens (tertiary/aromatic N) is 2. The summed E-state index contributed by atoms with van der Waals surface area (Å²) in [5, 5.41) is 2.00. The highest BCUT2D eigenvalue weighted by atomic mass is 32.2. The third-order valence-electron chi connectivity index (χ3n) is 5.37. The van der Waals surface area contributed by atoms with Gasteiger partial charge in [0, 0.05) is 10.6 Å². The Morgan fingerprint density at radius 1 is 1.20 bits per heavy atom. The molecule has 0 aromatic carbocycles. The number of rotatable bonds is 6. The molecular formula is C20H31N3S2. The van der Waals surface area contributed by atoms with Gasteiger partial charge in [-0.1, -0.05) is 58.7 Å². The van der Waals surface area contributed by atoms with Crippen molar-refractivity contribution in [3.63, 3.8) is 0 Å². The largest absolute Gasteiger partial charge is 0.383 e. The molecule has 2 N–H and O–H groups in total. The average Bonchev–Trinajstić information content (AvgIpc) is 2.91. The summed E-state index contributed by atoms with van der Waals surface area (Å²) in [6, 6.07) is 0. The number of unbranched alkanes of at least 4 members (excludes halogenated alkanes) is 3. The van der Waals surface area contributed by atoms with Gasteiger partial charge in [0.1, 0.15) is 10.6 Å². The number of anilines is 1. The van der Waals surface area contributed by atoms with Crippen LogP contribution in [0.4, 0.5) is 5.82 Å². The van der Waals surface area contributed by atoms with E-state index in [0.717, 1.165) is 33.5 Å². The van der Waals surface area contributed by atoms with Crippen molar-refractivity contribution < 1.29 is 0 Å². The Morgan fingerprint density at radius 2 is 2.00 bits per heavy atom. The van der Waals surface area contributed by atoms with Gasteiger partial charge in [-0.15, -0.1) is 11.3 Å². The zero-order valence-electron chi connectivity index (χ0n) is 16.0. The lowest BCUT2D eigenvalue weighted by Gasteiger charge is -2.33. The predicted octanol–water partition coefficient (Wildman–Crippen LogP) is 6.10. The van der Waals surface area contributed by atoms with Gasteiger partial charge in [-0.2, -0.15) is 0 Å². The van der Waals surface area contributed by atoms with E-state index in [4.69, 9.17) is 10.7 Å². The van der Waals surface area contributed by atoms with Gasteiger partial charge in [0.25, 0.3) is 0 Å². The van der Waals surface area contributed by atoms with Crippen LogP contribution in [0.5, 0.6) is 0 Å². The molecule has 1 aliphatic rings. The first kappa shape index (κ1) is 19.0. The molecule has 0 aliphatic heterocycles. The second-order valence-corrected chi connectivity index (χ2v) is 10.4. The molecule has 0 saturated carbocycles. The van der Waals surface area contributed by atoms with Crippen molar-refractivity contribution in [3.05, 3.63) is 10.4 Å². The highest BCUT2D eigenvalue weighted by molar-refractivity contribution is 7.99. The van der Waals surface area contributed by atoms with Crippen LogP contribution in [0, 0.1) is 11.3 Å². The first-order valence-corrected chi connectivity index (χ1v) is 11.4. The zero-order chi connectivity index (χ0) is 18.0. The summed E-state index contributed by atoms with van der Waals surface area (Å²) in [6.07, 6.45) is 8.64. The number of aromatic nitrogens is 2. The van der Waals surface area contributed by atoms with Gasteiger partial charge in [0.2, 0.25) is 0 Å². The Hall–Kier alpha value is -0.810. The molecule has 0 bridgehead atoms. The molecule has 138 valence electrons. The monoisotopic (exact) mass is 377 g/mol. The lowest BCUT2D eigenvalue weighted by atomic mass is 9.72. The van der Waals surface area contributed by atoms with E-state index in [1.165, 1.54) is 49.0 Å². The highest BCUT2D eigenvalue weighted by Crippen LogP contribution is 2.44. The number of thiophene rings is 1. The van der Waals surface area contributed by atoms with E-state index in [1.807, 2.05) is 11.3 Å². The molecule has 0 spiro atoms. The van der Waals surface area contributed by atoms with Gasteiger partial charge in [-0.05, 0) is 42.6 Å². The van der Waals surface area contributed by atoms with Crippen molar-refractivity contribution >= 4 is 39.1 Å². The van der Waals surface area contributed by atoms with Crippen molar-refractivity contribution in [2.45, 2.75) is 77.8 Å². The van der Waals surface area contributed by atoms with Crippen LogP contribution in [-0.2, 0) is 12.8 Å². The van der Waals surface area contributed by atoms with Crippen molar-refractivity contribution in [1.29, 1.82) is 0 Å². The molecule has 0 radical (unpaired) electrons. The summed E-state index contributed by atoms with van der Waals surface area (Å²) in [5.74, 6) is 2.52. The Kier molecular flexibility index (Phi) is 5.94. The minimum Gasteiger partial charge on any atom is -0.383 e. The number of nitrogens with two attached hydrogens (primary N) is 1. The summed E-state index contributed by atoms with van der Waals surface area (Å²) in [5.41, 5.74) is 8.13. The lowest BCUT2D eigenvalue weighted by molar-refractivity contribution is 0.218. The maximum atomic E-state index is 6.34. The molecular weight excluding hydrogens is 346 g/mol. The second kappa shape index (κ2) is 7.83. The summed E-state index contributed by atoms with van der Waals surface area (Å²) in [6.45, 7) is 9.32. The minimum absolute atomic E-state index is 0.366. The van der Waals surface area contributed by atoms with Gasteiger partial charge in [-0.3, -0.25) is 0 Å². The van der Waals surface area contributed by atoms with E-state index in [1.54, 1.807) is 11.8 Å².